The van der Waals surface area contributed by atoms with Crippen LogP contribution >= 0.6 is 0 Å². The van der Waals surface area contributed by atoms with Gasteiger partial charge >= 0.3 is 12.0 Å². The molecule has 0 atom stereocenters. The highest BCUT2D eigenvalue weighted by Crippen LogP contribution is 2.15. The van der Waals surface area contributed by atoms with Crippen LogP contribution in [0.25, 0.3) is 0 Å². The van der Waals surface area contributed by atoms with Gasteiger partial charge < -0.3 is 14.8 Å². The van der Waals surface area contributed by atoms with Crippen LogP contribution in [-0.2, 0) is 31.9 Å². The first kappa shape index (κ1) is 21.6. The second kappa shape index (κ2) is 12.9. The van der Waals surface area contributed by atoms with Crippen molar-refractivity contribution in [1.29, 1.82) is 0 Å². The number of hydrogen-bond acceptors (Lipinski definition) is 5. The van der Waals surface area contributed by atoms with E-state index in [4.69, 9.17) is 4.74 Å². The second-order valence-electron chi connectivity index (χ2n) is 5.84. The lowest BCUT2D eigenvalue weighted by Gasteiger charge is -2.10. The molecule has 3 amide bonds. The Morgan fingerprint density at radius 3 is 2.27 bits per heavy atom. The molecule has 26 heavy (non-hydrogen) atoms. The van der Waals surface area contributed by atoms with Gasteiger partial charge in [-0.2, -0.15) is 0 Å². The van der Waals surface area contributed by atoms with Crippen molar-refractivity contribution in [1.82, 2.24) is 10.6 Å². The van der Waals surface area contributed by atoms with Gasteiger partial charge in [0.15, 0.2) is 0 Å². The first-order valence-corrected chi connectivity index (χ1v) is 8.79. The van der Waals surface area contributed by atoms with Gasteiger partial charge in [-0.25, -0.2) is 9.59 Å². The average molecular weight is 364 g/mol. The molecule has 0 aromatic heterocycles. The van der Waals surface area contributed by atoms with E-state index >= 15 is 0 Å². The molecule has 0 spiro atoms. The molecule has 0 saturated carbocycles. The number of carbonyl (C=O) groups excluding carboxylic acids is 3. The highest BCUT2D eigenvalue weighted by atomic mass is 16.6. The van der Waals surface area contributed by atoms with Crippen LogP contribution < -0.4 is 10.6 Å². The van der Waals surface area contributed by atoms with Gasteiger partial charge in [-0.15, -0.1) is 0 Å². The molecule has 0 heterocycles. The summed E-state index contributed by atoms with van der Waals surface area (Å²) in [5, 5.41) is 4.61. The summed E-state index contributed by atoms with van der Waals surface area (Å²) >= 11 is 0. The molecule has 1 aromatic rings. The van der Waals surface area contributed by atoms with Crippen LogP contribution in [0, 0.1) is 0 Å². The number of urea groups is 1. The third-order valence-electron chi connectivity index (χ3n) is 3.88. The molecule has 1 aromatic carbocycles. The van der Waals surface area contributed by atoms with Gasteiger partial charge in [0.25, 0.3) is 0 Å². The van der Waals surface area contributed by atoms with Gasteiger partial charge in [0, 0.05) is 20.1 Å². The summed E-state index contributed by atoms with van der Waals surface area (Å²) in [4.78, 5) is 33.6. The summed E-state index contributed by atoms with van der Waals surface area (Å²) in [5.41, 5.74) is 2.51. The molecule has 7 heteroatoms. The van der Waals surface area contributed by atoms with Crippen LogP contribution in [0.4, 0.5) is 4.79 Å². The topological polar surface area (TPSA) is 93.7 Å². The highest BCUT2D eigenvalue weighted by Gasteiger charge is 2.07. The lowest BCUT2D eigenvalue weighted by Crippen LogP contribution is -2.37. The molecule has 7 nitrogen and oxygen atoms in total. The van der Waals surface area contributed by atoms with E-state index in [0.717, 1.165) is 32.1 Å². The molecule has 0 fully saturated rings. The third kappa shape index (κ3) is 9.17. The van der Waals surface area contributed by atoms with Gasteiger partial charge in [0.2, 0.25) is 5.91 Å². The number of methoxy groups -OCH3 is 1. The van der Waals surface area contributed by atoms with Crippen molar-refractivity contribution in [2.24, 2.45) is 0 Å². The van der Waals surface area contributed by atoms with Crippen molar-refractivity contribution >= 4 is 17.9 Å². The summed E-state index contributed by atoms with van der Waals surface area (Å²) in [6.45, 7) is 0.485. The monoisotopic (exact) mass is 364 g/mol. The van der Waals surface area contributed by atoms with E-state index in [0.29, 0.717) is 13.0 Å². The van der Waals surface area contributed by atoms with Crippen LogP contribution in [0.15, 0.2) is 24.3 Å². The lowest BCUT2D eigenvalue weighted by atomic mass is 9.98. The molecule has 0 aliphatic heterocycles. The van der Waals surface area contributed by atoms with E-state index in [9.17, 15) is 14.4 Å². The number of unbranched alkanes of at least 4 members (excludes halogenated alkanes) is 1. The SMILES string of the molecule is CNC(=O)NC(=O)CCCCc1ccccc1CCCOCC(=O)OC. The summed E-state index contributed by atoms with van der Waals surface area (Å²) in [6.07, 6.45) is 4.50. The van der Waals surface area contributed by atoms with E-state index in [1.165, 1.54) is 25.3 Å². The molecular weight excluding hydrogens is 336 g/mol. The zero-order chi connectivity index (χ0) is 19.2. The van der Waals surface area contributed by atoms with Crippen LogP contribution in [0.1, 0.15) is 36.8 Å². The third-order valence-corrected chi connectivity index (χ3v) is 3.88. The minimum absolute atomic E-state index is 0.0176. The van der Waals surface area contributed by atoms with E-state index in [-0.39, 0.29) is 18.5 Å². The maximum Gasteiger partial charge on any atom is 0.331 e. The van der Waals surface area contributed by atoms with Gasteiger partial charge in [-0.05, 0) is 43.2 Å². The standard InChI is InChI=1S/C19H28N2O5/c1-20-19(24)21-17(22)12-6-5-10-15-8-3-4-9-16(15)11-7-13-26-14-18(23)25-2/h3-4,8-9H,5-7,10-14H2,1-2H3,(H2,20,21,22,24). The molecule has 0 aliphatic carbocycles. The predicted molar refractivity (Wildman–Crippen MR) is 97.8 cm³/mol. The number of aryl methyl sites for hydroxylation is 2. The number of imide groups is 1. The number of ether oxygens (including phenoxy) is 2. The number of nitrogens with one attached hydrogen (secondary N) is 2. The Kier molecular flexibility index (Phi) is 10.7. The van der Waals surface area contributed by atoms with Crippen molar-refractivity contribution < 1.29 is 23.9 Å². The van der Waals surface area contributed by atoms with Gasteiger partial charge in [-0.1, -0.05) is 24.3 Å². The number of esters is 1. The quantitative estimate of drug-likeness (QED) is 0.462. The summed E-state index contributed by atoms with van der Waals surface area (Å²) < 4.78 is 9.78. The van der Waals surface area contributed by atoms with Crippen LogP contribution in [0.2, 0.25) is 0 Å². The summed E-state index contributed by atoms with van der Waals surface area (Å²) in [5.74, 6) is -0.633. The average Bonchev–Trinajstić information content (AvgIpc) is 2.65. The Balaban J connectivity index is 2.29. The molecule has 0 radical (unpaired) electrons. The Hall–Kier alpha value is -2.41. The molecule has 0 aliphatic rings. The van der Waals surface area contributed by atoms with Crippen LogP contribution in [0.3, 0.4) is 0 Å². The predicted octanol–water partition coefficient (Wildman–Crippen LogP) is 1.98. The number of amides is 3. The first-order valence-electron chi connectivity index (χ1n) is 8.79. The fourth-order valence-electron chi connectivity index (χ4n) is 2.48. The highest BCUT2D eigenvalue weighted by molar-refractivity contribution is 5.94. The molecule has 1 rings (SSSR count). The summed E-state index contributed by atoms with van der Waals surface area (Å²) in [6, 6.07) is 7.72. The molecule has 2 N–H and O–H groups in total. The maximum absolute atomic E-state index is 11.5. The molecule has 144 valence electrons. The summed E-state index contributed by atoms with van der Waals surface area (Å²) in [7, 11) is 2.81. The van der Waals surface area contributed by atoms with Crippen molar-refractivity contribution in [2.75, 3.05) is 27.4 Å². The Labute approximate surface area is 154 Å². The minimum Gasteiger partial charge on any atom is -0.467 e. The van der Waals surface area contributed by atoms with Crippen LogP contribution in [-0.4, -0.2) is 45.3 Å². The van der Waals surface area contributed by atoms with E-state index in [2.05, 4.69) is 27.5 Å². The van der Waals surface area contributed by atoms with Crippen molar-refractivity contribution in [3.05, 3.63) is 35.4 Å². The Morgan fingerprint density at radius 2 is 1.65 bits per heavy atom. The number of carbonyl (C=O) groups is 3. The Bertz CT molecular complexity index is 589. The van der Waals surface area contributed by atoms with Crippen molar-refractivity contribution in [2.45, 2.75) is 38.5 Å². The molecule has 0 saturated heterocycles. The smallest absolute Gasteiger partial charge is 0.331 e. The number of benzene rings is 1. The van der Waals surface area contributed by atoms with Gasteiger partial charge in [0.05, 0.1) is 7.11 Å². The second-order valence-corrected chi connectivity index (χ2v) is 5.84. The number of hydrogen-bond donors (Lipinski definition) is 2. The number of rotatable bonds is 11. The molecule has 0 bridgehead atoms. The minimum atomic E-state index is -0.477. The fraction of sp³-hybridized carbons (Fsp3) is 0.526. The molecule has 0 unspecified atom stereocenters. The first-order chi connectivity index (χ1) is 12.6. The van der Waals surface area contributed by atoms with Crippen molar-refractivity contribution in [3.63, 3.8) is 0 Å². The Morgan fingerprint density at radius 1 is 1.00 bits per heavy atom. The van der Waals surface area contributed by atoms with E-state index in [1.54, 1.807) is 0 Å². The van der Waals surface area contributed by atoms with Gasteiger partial charge in [0.1, 0.15) is 6.61 Å². The van der Waals surface area contributed by atoms with E-state index < -0.39 is 6.03 Å². The van der Waals surface area contributed by atoms with Gasteiger partial charge in [-0.3, -0.25) is 10.1 Å². The zero-order valence-corrected chi connectivity index (χ0v) is 15.5. The largest absolute Gasteiger partial charge is 0.467 e. The normalized spacial score (nSPS) is 10.2. The lowest BCUT2D eigenvalue weighted by molar-refractivity contribution is -0.145. The van der Waals surface area contributed by atoms with E-state index in [1.807, 2.05) is 12.1 Å². The molecular formula is C19H28N2O5. The zero-order valence-electron chi connectivity index (χ0n) is 15.5. The van der Waals surface area contributed by atoms with Crippen molar-refractivity contribution in [3.8, 4) is 0 Å². The maximum atomic E-state index is 11.5. The fourth-order valence-corrected chi connectivity index (χ4v) is 2.48. The van der Waals surface area contributed by atoms with Crippen LogP contribution in [0.5, 0.6) is 0 Å².